The van der Waals surface area contributed by atoms with Gasteiger partial charge < -0.3 is 20.1 Å². The van der Waals surface area contributed by atoms with Gasteiger partial charge in [-0.15, -0.1) is 0 Å². The van der Waals surface area contributed by atoms with E-state index in [1.165, 1.54) is 12.1 Å². The summed E-state index contributed by atoms with van der Waals surface area (Å²) in [6.07, 6.45) is 1.60. The zero-order chi connectivity index (χ0) is 25.3. The molecular weight excluding hydrogens is 467 g/mol. The lowest BCUT2D eigenvalue weighted by molar-refractivity contribution is -0.123. The molecule has 3 heterocycles. The van der Waals surface area contributed by atoms with Crippen molar-refractivity contribution >= 4 is 18.0 Å². The van der Waals surface area contributed by atoms with Crippen LogP contribution < -0.4 is 16.0 Å². The van der Waals surface area contributed by atoms with Crippen LogP contribution in [0, 0.1) is 5.82 Å². The predicted molar refractivity (Wildman–Crippen MR) is 126 cm³/mol. The average molecular weight is 493 g/mol. The highest BCUT2D eigenvalue weighted by Crippen LogP contribution is 2.28. The van der Waals surface area contributed by atoms with Crippen LogP contribution in [0.5, 0.6) is 0 Å². The van der Waals surface area contributed by atoms with Crippen LogP contribution in [0.4, 0.5) is 14.0 Å². The predicted octanol–water partition coefficient (Wildman–Crippen LogP) is 3.02. The lowest BCUT2D eigenvalue weighted by Crippen LogP contribution is -2.44. The van der Waals surface area contributed by atoms with E-state index >= 15 is 0 Å². The van der Waals surface area contributed by atoms with Gasteiger partial charge in [-0.2, -0.15) is 4.98 Å². The summed E-state index contributed by atoms with van der Waals surface area (Å²) in [7, 11) is 0. The Balaban J connectivity index is 1.20. The molecule has 3 aromatic rings. The van der Waals surface area contributed by atoms with Crippen LogP contribution in [0.2, 0.25) is 0 Å². The second kappa shape index (κ2) is 9.40. The maximum absolute atomic E-state index is 13.2. The number of urea groups is 2. The van der Waals surface area contributed by atoms with Crippen molar-refractivity contribution in [3.63, 3.8) is 0 Å². The number of carbonyl (C=O) groups excluding carboxylic acids is 3. The van der Waals surface area contributed by atoms with Gasteiger partial charge in [0, 0.05) is 25.2 Å². The summed E-state index contributed by atoms with van der Waals surface area (Å²) in [6.45, 7) is 2.93. The van der Waals surface area contributed by atoms with E-state index in [0.29, 0.717) is 35.9 Å². The van der Waals surface area contributed by atoms with Gasteiger partial charge in [0.15, 0.2) is 0 Å². The quantitative estimate of drug-likeness (QED) is 0.470. The summed E-state index contributed by atoms with van der Waals surface area (Å²) in [5.41, 5.74) is 0.922. The highest BCUT2D eigenvalue weighted by Gasteiger charge is 2.43. The summed E-state index contributed by atoms with van der Waals surface area (Å²) in [5, 5.41) is 11.8. The van der Waals surface area contributed by atoms with Crippen molar-refractivity contribution in [2.24, 2.45) is 0 Å². The standard InChI is InChI=1S/C25H25FN6O4/c1-25(22(33)29-23(34)30-25)18-6-2-4-15(12-18)13-27-24(35)32-11-3-5-17(14-32)21-28-20(31-36-21)16-7-9-19(26)10-8-16/h2,4,6-10,12,17H,3,5,11,13-14H2,1H3,(H,27,35)(H2,29,30,33,34). The SMILES string of the molecule is CC1(c2cccc(CNC(=O)N3CCCC(c4nc(-c5ccc(F)cc5)no4)C3)c2)NC(=O)NC1=O. The molecule has 2 aliphatic rings. The molecule has 3 N–H and O–H groups in total. The maximum Gasteiger partial charge on any atom is 0.322 e. The Bertz CT molecular complexity index is 1310. The molecule has 36 heavy (non-hydrogen) atoms. The van der Waals surface area contributed by atoms with Crippen molar-refractivity contribution in [2.75, 3.05) is 13.1 Å². The summed E-state index contributed by atoms with van der Waals surface area (Å²) in [4.78, 5) is 42.9. The van der Waals surface area contributed by atoms with E-state index in [1.54, 1.807) is 42.2 Å². The third kappa shape index (κ3) is 4.64. The van der Waals surface area contributed by atoms with Crippen molar-refractivity contribution in [1.29, 1.82) is 0 Å². The van der Waals surface area contributed by atoms with E-state index in [-0.39, 0.29) is 24.3 Å². The number of nitrogens with one attached hydrogen (secondary N) is 3. The van der Waals surface area contributed by atoms with E-state index in [0.717, 1.165) is 18.4 Å². The zero-order valence-corrected chi connectivity index (χ0v) is 19.6. The second-order valence-electron chi connectivity index (χ2n) is 9.14. The minimum atomic E-state index is -1.16. The van der Waals surface area contributed by atoms with Gasteiger partial charge in [0.1, 0.15) is 11.4 Å². The fourth-order valence-corrected chi connectivity index (χ4v) is 4.51. The minimum Gasteiger partial charge on any atom is -0.339 e. The van der Waals surface area contributed by atoms with Crippen LogP contribution in [0.3, 0.4) is 0 Å². The van der Waals surface area contributed by atoms with E-state index in [2.05, 4.69) is 26.1 Å². The molecule has 0 aliphatic carbocycles. The number of hydrogen-bond donors (Lipinski definition) is 3. The van der Waals surface area contributed by atoms with Gasteiger partial charge in [-0.1, -0.05) is 29.4 Å². The Morgan fingerprint density at radius 2 is 2.06 bits per heavy atom. The number of nitrogens with zero attached hydrogens (tertiary/aromatic N) is 3. The zero-order valence-electron chi connectivity index (χ0n) is 19.6. The molecule has 0 saturated carbocycles. The molecule has 2 unspecified atom stereocenters. The second-order valence-corrected chi connectivity index (χ2v) is 9.14. The first-order valence-electron chi connectivity index (χ1n) is 11.7. The highest BCUT2D eigenvalue weighted by molar-refractivity contribution is 6.07. The molecule has 5 rings (SSSR count). The van der Waals surface area contributed by atoms with E-state index in [1.807, 2.05) is 6.07 Å². The largest absolute Gasteiger partial charge is 0.339 e. The molecule has 1 aromatic heterocycles. The van der Waals surface area contributed by atoms with Crippen molar-refractivity contribution in [2.45, 2.75) is 37.8 Å². The number of likely N-dealkylation sites (tertiary alicyclic amines) is 1. The number of piperidine rings is 1. The number of halogens is 1. The Labute approximate surface area is 206 Å². The molecule has 2 aliphatic heterocycles. The topological polar surface area (TPSA) is 129 Å². The van der Waals surface area contributed by atoms with Gasteiger partial charge in [-0.05, 0) is 55.2 Å². The maximum atomic E-state index is 13.2. The van der Waals surface area contributed by atoms with Gasteiger partial charge in [0.25, 0.3) is 5.91 Å². The van der Waals surface area contributed by atoms with Crippen LogP contribution in [0.25, 0.3) is 11.4 Å². The number of aromatic nitrogens is 2. The molecule has 5 amide bonds. The van der Waals surface area contributed by atoms with Crippen LogP contribution >= 0.6 is 0 Å². The van der Waals surface area contributed by atoms with Crippen LogP contribution in [0.1, 0.15) is 42.7 Å². The van der Waals surface area contributed by atoms with E-state index in [9.17, 15) is 18.8 Å². The van der Waals surface area contributed by atoms with Gasteiger partial charge in [0.05, 0.1) is 5.92 Å². The number of benzene rings is 2. The molecule has 2 atom stereocenters. The third-order valence-corrected chi connectivity index (χ3v) is 6.59. The molecule has 186 valence electrons. The minimum absolute atomic E-state index is 0.0982. The smallest absolute Gasteiger partial charge is 0.322 e. The lowest BCUT2D eigenvalue weighted by atomic mass is 9.91. The number of hydrogen-bond acceptors (Lipinski definition) is 6. The molecule has 2 saturated heterocycles. The van der Waals surface area contributed by atoms with Crippen LogP contribution in [0.15, 0.2) is 53.1 Å². The molecule has 2 aromatic carbocycles. The first kappa shape index (κ1) is 23.5. The number of rotatable bonds is 5. The van der Waals surface area contributed by atoms with E-state index in [4.69, 9.17) is 4.52 Å². The molecular formula is C25H25FN6O4. The van der Waals surface area contributed by atoms with Gasteiger partial charge >= 0.3 is 12.1 Å². The Hall–Kier alpha value is -4.28. The van der Waals surface area contributed by atoms with Crippen molar-refractivity contribution in [3.8, 4) is 11.4 Å². The fourth-order valence-electron chi connectivity index (χ4n) is 4.51. The number of amides is 5. The summed E-state index contributed by atoms with van der Waals surface area (Å²) >= 11 is 0. The van der Waals surface area contributed by atoms with Crippen LogP contribution in [-0.4, -0.2) is 46.1 Å². The van der Waals surface area contributed by atoms with Crippen molar-refractivity contribution < 1.29 is 23.3 Å². The summed E-state index contributed by atoms with van der Waals surface area (Å²) in [6, 6.07) is 12.3. The van der Waals surface area contributed by atoms with Crippen LogP contribution in [-0.2, 0) is 16.9 Å². The molecule has 0 bridgehead atoms. The fraction of sp³-hybridized carbons (Fsp3) is 0.320. The van der Waals surface area contributed by atoms with Gasteiger partial charge in [-0.3, -0.25) is 10.1 Å². The Morgan fingerprint density at radius 3 is 2.81 bits per heavy atom. The molecule has 11 heteroatoms. The normalized spacial score (nSPS) is 21.7. The summed E-state index contributed by atoms with van der Waals surface area (Å²) in [5.74, 6) is -0.0271. The Kier molecular flexibility index (Phi) is 6.13. The first-order chi connectivity index (χ1) is 17.3. The highest BCUT2D eigenvalue weighted by atomic mass is 19.1. The number of carbonyl (C=O) groups is 3. The summed E-state index contributed by atoms with van der Waals surface area (Å²) < 4.78 is 18.6. The molecule has 0 spiro atoms. The molecule has 2 fully saturated rings. The molecule has 10 nitrogen and oxygen atoms in total. The van der Waals surface area contributed by atoms with Gasteiger partial charge in [0.2, 0.25) is 11.7 Å². The monoisotopic (exact) mass is 492 g/mol. The lowest BCUT2D eigenvalue weighted by Gasteiger charge is -2.31. The van der Waals surface area contributed by atoms with Crippen molar-refractivity contribution in [3.05, 3.63) is 71.4 Å². The first-order valence-corrected chi connectivity index (χ1v) is 11.7. The Morgan fingerprint density at radius 1 is 1.25 bits per heavy atom. The third-order valence-electron chi connectivity index (χ3n) is 6.59. The molecule has 0 radical (unpaired) electrons. The van der Waals surface area contributed by atoms with Crippen molar-refractivity contribution in [1.82, 2.24) is 31.0 Å². The average Bonchev–Trinajstić information content (AvgIpc) is 3.48. The number of imide groups is 1. The van der Waals surface area contributed by atoms with E-state index < -0.39 is 17.5 Å². The van der Waals surface area contributed by atoms with Gasteiger partial charge in [-0.25, -0.2) is 14.0 Å².